The van der Waals surface area contributed by atoms with Crippen LogP contribution in [0.5, 0.6) is 5.75 Å². The van der Waals surface area contributed by atoms with Gasteiger partial charge < -0.3 is 4.74 Å². The average molecular weight is 234 g/mol. The average Bonchev–Trinajstić information content (AvgIpc) is 2.37. The predicted octanol–water partition coefficient (Wildman–Crippen LogP) is 4.13. The first-order valence-electron chi connectivity index (χ1n) is 5.16. The standard InChI is InChI=1S/C14H12F2O/c1-3-14(15,16)12-6-4-11-9-13(17-2)7-5-10(11)8-12/h3-9H,1H2,2H3. The van der Waals surface area contributed by atoms with Crippen LogP contribution >= 0.6 is 0 Å². The summed E-state index contributed by atoms with van der Waals surface area (Å²) >= 11 is 0. The van der Waals surface area contributed by atoms with E-state index in [4.69, 9.17) is 4.74 Å². The van der Waals surface area contributed by atoms with Crippen LogP contribution in [-0.4, -0.2) is 7.11 Å². The van der Waals surface area contributed by atoms with Crippen LogP contribution in [0.15, 0.2) is 49.1 Å². The first kappa shape index (κ1) is 11.6. The number of allylic oxidation sites excluding steroid dienone is 1. The molecule has 3 heteroatoms. The summed E-state index contributed by atoms with van der Waals surface area (Å²) in [7, 11) is 1.57. The highest BCUT2D eigenvalue weighted by molar-refractivity contribution is 5.84. The number of alkyl halides is 2. The maximum atomic E-state index is 13.4. The van der Waals surface area contributed by atoms with Crippen molar-refractivity contribution in [3.8, 4) is 5.75 Å². The minimum atomic E-state index is -2.99. The number of rotatable bonds is 3. The molecular formula is C14H12F2O. The van der Waals surface area contributed by atoms with Crippen LogP contribution in [0.25, 0.3) is 10.8 Å². The Bertz CT molecular complexity index is 561. The van der Waals surface area contributed by atoms with E-state index in [1.165, 1.54) is 12.1 Å². The van der Waals surface area contributed by atoms with E-state index in [-0.39, 0.29) is 5.56 Å². The molecule has 0 saturated heterocycles. The van der Waals surface area contributed by atoms with Crippen LogP contribution in [0, 0.1) is 0 Å². The molecule has 0 amide bonds. The van der Waals surface area contributed by atoms with Crippen LogP contribution in [0.2, 0.25) is 0 Å². The van der Waals surface area contributed by atoms with Crippen LogP contribution < -0.4 is 4.74 Å². The summed E-state index contributed by atoms with van der Waals surface area (Å²) in [4.78, 5) is 0. The van der Waals surface area contributed by atoms with E-state index in [2.05, 4.69) is 6.58 Å². The molecule has 2 rings (SSSR count). The number of hydrogen-bond donors (Lipinski definition) is 0. The van der Waals surface area contributed by atoms with Gasteiger partial charge in [-0.3, -0.25) is 0 Å². The predicted molar refractivity (Wildman–Crippen MR) is 64.6 cm³/mol. The lowest BCUT2D eigenvalue weighted by Crippen LogP contribution is -2.08. The number of methoxy groups -OCH3 is 1. The van der Waals surface area contributed by atoms with Gasteiger partial charge in [0.15, 0.2) is 0 Å². The van der Waals surface area contributed by atoms with Crippen LogP contribution in [0.3, 0.4) is 0 Å². The van der Waals surface area contributed by atoms with Crippen molar-refractivity contribution in [3.05, 3.63) is 54.6 Å². The van der Waals surface area contributed by atoms with Gasteiger partial charge in [-0.05, 0) is 35.0 Å². The van der Waals surface area contributed by atoms with Gasteiger partial charge in [0.05, 0.1) is 7.11 Å². The molecular weight excluding hydrogens is 222 g/mol. The van der Waals surface area contributed by atoms with E-state index < -0.39 is 5.92 Å². The molecule has 0 heterocycles. The molecule has 0 unspecified atom stereocenters. The summed E-state index contributed by atoms with van der Waals surface area (Å²) < 4.78 is 31.9. The number of hydrogen-bond acceptors (Lipinski definition) is 1. The van der Waals surface area contributed by atoms with Crippen molar-refractivity contribution in [3.63, 3.8) is 0 Å². The van der Waals surface area contributed by atoms with Gasteiger partial charge in [0, 0.05) is 5.56 Å². The first-order valence-corrected chi connectivity index (χ1v) is 5.16. The second-order valence-corrected chi connectivity index (χ2v) is 3.75. The molecule has 0 bridgehead atoms. The molecule has 0 aliphatic carbocycles. The van der Waals surface area contributed by atoms with Crippen LogP contribution in [-0.2, 0) is 5.92 Å². The van der Waals surface area contributed by atoms with Crippen molar-refractivity contribution in [1.29, 1.82) is 0 Å². The van der Waals surface area contributed by atoms with E-state index in [9.17, 15) is 8.78 Å². The molecule has 0 aliphatic heterocycles. The van der Waals surface area contributed by atoms with E-state index in [1.54, 1.807) is 25.3 Å². The van der Waals surface area contributed by atoms with E-state index in [0.29, 0.717) is 11.8 Å². The third kappa shape index (κ3) is 2.13. The normalized spacial score (nSPS) is 11.5. The van der Waals surface area contributed by atoms with Gasteiger partial charge >= 0.3 is 0 Å². The van der Waals surface area contributed by atoms with Gasteiger partial charge in [-0.1, -0.05) is 24.8 Å². The molecule has 2 aromatic carbocycles. The zero-order valence-electron chi connectivity index (χ0n) is 9.41. The lowest BCUT2D eigenvalue weighted by Gasteiger charge is -2.12. The summed E-state index contributed by atoms with van der Waals surface area (Å²) in [6.07, 6.45) is 0.650. The lowest BCUT2D eigenvalue weighted by atomic mass is 10.0. The van der Waals surface area contributed by atoms with Crippen molar-refractivity contribution in [2.45, 2.75) is 5.92 Å². The Morgan fingerprint density at radius 1 is 1.12 bits per heavy atom. The van der Waals surface area contributed by atoms with Gasteiger partial charge in [-0.25, -0.2) is 0 Å². The Labute approximate surface area is 98.3 Å². The highest BCUT2D eigenvalue weighted by Crippen LogP contribution is 2.32. The van der Waals surface area contributed by atoms with Crippen LogP contribution in [0.4, 0.5) is 8.78 Å². The van der Waals surface area contributed by atoms with Crippen molar-refractivity contribution < 1.29 is 13.5 Å². The molecule has 1 nitrogen and oxygen atoms in total. The van der Waals surface area contributed by atoms with Crippen molar-refractivity contribution in [1.82, 2.24) is 0 Å². The molecule has 0 N–H and O–H groups in total. The molecule has 0 radical (unpaired) electrons. The van der Waals surface area contributed by atoms with Gasteiger partial charge in [0.25, 0.3) is 5.92 Å². The SMILES string of the molecule is C=CC(F)(F)c1ccc2cc(OC)ccc2c1. The van der Waals surface area contributed by atoms with Crippen molar-refractivity contribution in [2.75, 3.05) is 7.11 Å². The zero-order valence-corrected chi connectivity index (χ0v) is 9.41. The fourth-order valence-electron chi connectivity index (χ4n) is 1.68. The summed E-state index contributed by atoms with van der Waals surface area (Å²) in [6, 6.07) is 9.85. The molecule has 0 atom stereocenters. The maximum Gasteiger partial charge on any atom is 0.291 e. The van der Waals surface area contributed by atoms with Gasteiger partial charge in [0.1, 0.15) is 5.75 Å². The number of halogens is 2. The summed E-state index contributed by atoms with van der Waals surface area (Å²) in [6.45, 7) is 3.15. The Balaban J connectivity index is 2.56. The zero-order chi connectivity index (χ0) is 12.5. The maximum absolute atomic E-state index is 13.4. The quantitative estimate of drug-likeness (QED) is 0.726. The smallest absolute Gasteiger partial charge is 0.291 e. The molecule has 0 aliphatic rings. The number of ether oxygens (including phenoxy) is 1. The topological polar surface area (TPSA) is 9.23 Å². The summed E-state index contributed by atoms with van der Waals surface area (Å²) in [5.41, 5.74) is -0.0508. The van der Waals surface area contributed by atoms with Gasteiger partial charge in [0.2, 0.25) is 0 Å². The molecule has 88 valence electrons. The lowest BCUT2D eigenvalue weighted by molar-refractivity contribution is 0.0527. The largest absolute Gasteiger partial charge is 0.497 e. The van der Waals surface area contributed by atoms with Crippen molar-refractivity contribution in [2.24, 2.45) is 0 Å². The van der Waals surface area contributed by atoms with Crippen molar-refractivity contribution >= 4 is 10.8 Å². The van der Waals surface area contributed by atoms with Crippen LogP contribution in [0.1, 0.15) is 5.56 Å². The van der Waals surface area contributed by atoms with Gasteiger partial charge in [-0.2, -0.15) is 8.78 Å². The van der Waals surface area contributed by atoms with Gasteiger partial charge in [-0.15, -0.1) is 0 Å². The second-order valence-electron chi connectivity index (χ2n) is 3.75. The minimum absolute atomic E-state index is 0.0508. The Kier molecular flexibility index (Phi) is 2.84. The molecule has 0 spiro atoms. The molecule has 0 fully saturated rings. The highest BCUT2D eigenvalue weighted by atomic mass is 19.3. The van der Waals surface area contributed by atoms with E-state index >= 15 is 0 Å². The molecule has 0 saturated carbocycles. The summed E-state index contributed by atoms with van der Waals surface area (Å²) in [5.74, 6) is -2.28. The fourth-order valence-corrected chi connectivity index (χ4v) is 1.68. The second kappa shape index (κ2) is 4.17. The summed E-state index contributed by atoms with van der Waals surface area (Å²) in [5, 5.41) is 1.62. The minimum Gasteiger partial charge on any atom is -0.497 e. The van der Waals surface area contributed by atoms with E-state index in [0.717, 1.165) is 10.8 Å². The van der Waals surface area contributed by atoms with E-state index in [1.807, 2.05) is 6.07 Å². The Morgan fingerprint density at radius 3 is 2.41 bits per heavy atom. The fraction of sp³-hybridized carbons (Fsp3) is 0.143. The molecule has 0 aromatic heterocycles. The highest BCUT2D eigenvalue weighted by Gasteiger charge is 2.26. The Hall–Kier alpha value is -1.90. The monoisotopic (exact) mass is 234 g/mol. The number of benzene rings is 2. The first-order chi connectivity index (χ1) is 8.06. The Morgan fingerprint density at radius 2 is 1.76 bits per heavy atom. The number of fused-ring (bicyclic) bond motifs is 1. The molecule has 17 heavy (non-hydrogen) atoms. The molecule has 2 aromatic rings. The third-order valence-corrected chi connectivity index (χ3v) is 2.69. The third-order valence-electron chi connectivity index (χ3n) is 2.69.